The summed E-state index contributed by atoms with van der Waals surface area (Å²) in [5.41, 5.74) is 0.253. The Bertz CT molecular complexity index is 361. The smallest absolute Gasteiger partial charge is 0.188 e. The largest absolute Gasteiger partial charge is 0.383 e. The normalized spacial score (nSPS) is 10.5. The fraction of sp³-hybridized carbons (Fsp3) is 0.200. The number of carbonyl (C=O) groups is 1. The molecule has 74 valence electrons. The molecule has 0 atom stereocenters. The number of halogens is 1. The Hall–Kier alpha value is -1.71. The molecular weight excluding hydrogens is 183 g/mol. The highest BCUT2D eigenvalue weighted by molar-refractivity contribution is 6.04. The van der Waals surface area contributed by atoms with Crippen LogP contribution in [0, 0.1) is 5.82 Å². The lowest BCUT2D eigenvalue weighted by atomic mass is 10.2. The third-order valence-electron chi connectivity index (χ3n) is 1.51. The molecule has 0 aromatic carbocycles. The van der Waals surface area contributed by atoms with Crippen molar-refractivity contribution in [1.29, 1.82) is 0 Å². The summed E-state index contributed by atoms with van der Waals surface area (Å²) in [6.07, 6.45) is 5.38. The lowest BCUT2D eigenvalue weighted by Gasteiger charge is -2.02. The van der Waals surface area contributed by atoms with Gasteiger partial charge in [0.2, 0.25) is 0 Å². The van der Waals surface area contributed by atoms with Gasteiger partial charge in [-0.1, -0.05) is 0 Å². The van der Waals surface area contributed by atoms with E-state index in [1.807, 2.05) is 0 Å². The number of rotatable bonds is 3. The molecule has 0 spiro atoms. The first-order chi connectivity index (χ1) is 6.59. The highest BCUT2D eigenvalue weighted by atomic mass is 19.1. The van der Waals surface area contributed by atoms with Crippen molar-refractivity contribution >= 4 is 5.78 Å². The van der Waals surface area contributed by atoms with E-state index in [9.17, 15) is 9.18 Å². The van der Waals surface area contributed by atoms with Crippen molar-refractivity contribution in [2.45, 2.75) is 0 Å². The molecule has 0 aliphatic rings. The van der Waals surface area contributed by atoms with Gasteiger partial charge in [0, 0.05) is 38.1 Å². The molecule has 1 aromatic rings. The van der Waals surface area contributed by atoms with E-state index in [0.29, 0.717) is 0 Å². The number of pyridine rings is 1. The molecule has 0 saturated carbocycles. The molecule has 1 heterocycles. The van der Waals surface area contributed by atoms with E-state index < -0.39 is 5.82 Å². The van der Waals surface area contributed by atoms with Crippen molar-refractivity contribution in [3.63, 3.8) is 0 Å². The van der Waals surface area contributed by atoms with Gasteiger partial charge in [0.05, 0.1) is 6.20 Å². The molecule has 3 nitrogen and oxygen atoms in total. The fourth-order valence-corrected chi connectivity index (χ4v) is 0.860. The average molecular weight is 194 g/mol. The Balaban J connectivity index is 2.80. The van der Waals surface area contributed by atoms with Gasteiger partial charge < -0.3 is 4.90 Å². The van der Waals surface area contributed by atoms with Crippen molar-refractivity contribution in [1.82, 2.24) is 9.88 Å². The standard InChI is InChI=1S/C10H11FN2O/c1-13(2)4-3-10(14)8-5-9(11)7-12-6-8/h3-7H,1-2H3. The molecule has 1 aromatic heterocycles. The second-order valence-corrected chi connectivity index (χ2v) is 3.04. The molecule has 0 unspecified atom stereocenters. The van der Waals surface area contributed by atoms with Gasteiger partial charge in [-0.05, 0) is 6.07 Å². The molecule has 0 saturated heterocycles. The molecule has 0 radical (unpaired) electrons. The lowest BCUT2D eigenvalue weighted by molar-refractivity contribution is 0.104. The van der Waals surface area contributed by atoms with Gasteiger partial charge in [0.15, 0.2) is 5.78 Å². The highest BCUT2D eigenvalue weighted by Crippen LogP contribution is 2.02. The van der Waals surface area contributed by atoms with Crippen LogP contribution in [-0.4, -0.2) is 29.8 Å². The van der Waals surface area contributed by atoms with Crippen molar-refractivity contribution < 1.29 is 9.18 Å². The second-order valence-electron chi connectivity index (χ2n) is 3.04. The minimum atomic E-state index is -0.505. The molecule has 0 aliphatic heterocycles. The molecule has 0 fully saturated rings. The van der Waals surface area contributed by atoms with Crippen LogP contribution < -0.4 is 0 Å². The van der Waals surface area contributed by atoms with E-state index in [2.05, 4.69) is 4.98 Å². The molecule has 4 heteroatoms. The maximum absolute atomic E-state index is 12.7. The maximum Gasteiger partial charge on any atom is 0.188 e. The van der Waals surface area contributed by atoms with Crippen LogP contribution in [0.3, 0.4) is 0 Å². The molecule has 0 amide bonds. The zero-order chi connectivity index (χ0) is 10.6. The van der Waals surface area contributed by atoms with Crippen LogP contribution in [0.5, 0.6) is 0 Å². The summed E-state index contributed by atoms with van der Waals surface area (Å²) >= 11 is 0. The Labute approximate surface area is 81.9 Å². The summed E-state index contributed by atoms with van der Waals surface area (Å²) < 4.78 is 12.7. The average Bonchev–Trinajstić information content (AvgIpc) is 2.14. The summed E-state index contributed by atoms with van der Waals surface area (Å²) in [6.45, 7) is 0. The van der Waals surface area contributed by atoms with Crippen molar-refractivity contribution in [2.24, 2.45) is 0 Å². The molecule has 0 bridgehead atoms. The van der Waals surface area contributed by atoms with Crippen molar-refractivity contribution in [3.05, 3.63) is 42.1 Å². The number of ketones is 1. The van der Waals surface area contributed by atoms with Gasteiger partial charge in [0.1, 0.15) is 5.82 Å². The molecule has 14 heavy (non-hydrogen) atoms. The Morgan fingerprint density at radius 2 is 2.21 bits per heavy atom. The summed E-state index contributed by atoms with van der Waals surface area (Å²) in [5.74, 6) is -0.764. The summed E-state index contributed by atoms with van der Waals surface area (Å²) in [6, 6.07) is 1.16. The zero-order valence-corrected chi connectivity index (χ0v) is 8.07. The molecule has 1 rings (SSSR count). The minimum absolute atomic E-state index is 0.253. The number of aromatic nitrogens is 1. The van der Waals surface area contributed by atoms with Gasteiger partial charge in [-0.25, -0.2) is 4.39 Å². The van der Waals surface area contributed by atoms with Crippen molar-refractivity contribution in [2.75, 3.05) is 14.1 Å². The number of allylic oxidation sites excluding steroid dienone is 1. The lowest BCUT2D eigenvalue weighted by Crippen LogP contribution is -2.03. The number of hydrogen-bond acceptors (Lipinski definition) is 3. The van der Waals surface area contributed by atoms with Crippen LogP contribution in [0.25, 0.3) is 0 Å². The number of nitrogens with zero attached hydrogens (tertiary/aromatic N) is 2. The van der Waals surface area contributed by atoms with Gasteiger partial charge >= 0.3 is 0 Å². The van der Waals surface area contributed by atoms with Gasteiger partial charge in [-0.2, -0.15) is 0 Å². The SMILES string of the molecule is CN(C)C=CC(=O)c1cncc(F)c1. The monoisotopic (exact) mass is 194 g/mol. The Morgan fingerprint density at radius 1 is 1.50 bits per heavy atom. The van der Waals surface area contributed by atoms with E-state index in [-0.39, 0.29) is 11.3 Å². The van der Waals surface area contributed by atoms with E-state index in [4.69, 9.17) is 0 Å². The third-order valence-corrected chi connectivity index (χ3v) is 1.51. The van der Waals surface area contributed by atoms with E-state index in [0.717, 1.165) is 12.3 Å². The summed E-state index contributed by atoms with van der Waals surface area (Å²) in [5, 5.41) is 0. The quantitative estimate of drug-likeness (QED) is 0.539. The first kappa shape index (κ1) is 10.4. The second kappa shape index (κ2) is 4.50. The van der Waals surface area contributed by atoms with E-state index >= 15 is 0 Å². The zero-order valence-electron chi connectivity index (χ0n) is 8.07. The van der Waals surface area contributed by atoms with Gasteiger partial charge in [-0.3, -0.25) is 9.78 Å². The molecular formula is C10H11FN2O. The maximum atomic E-state index is 12.7. The summed E-state index contributed by atoms with van der Waals surface area (Å²) in [4.78, 5) is 16.7. The topological polar surface area (TPSA) is 33.2 Å². The Morgan fingerprint density at radius 3 is 2.79 bits per heavy atom. The minimum Gasteiger partial charge on any atom is -0.383 e. The number of carbonyl (C=O) groups excluding carboxylic acids is 1. The van der Waals surface area contributed by atoms with Gasteiger partial charge in [-0.15, -0.1) is 0 Å². The highest BCUT2D eigenvalue weighted by Gasteiger charge is 2.02. The van der Waals surface area contributed by atoms with Gasteiger partial charge in [0.25, 0.3) is 0 Å². The number of hydrogen-bond donors (Lipinski definition) is 0. The van der Waals surface area contributed by atoms with Crippen LogP contribution in [0.4, 0.5) is 4.39 Å². The van der Waals surface area contributed by atoms with Crippen molar-refractivity contribution in [3.8, 4) is 0 Å². The van der Waals surface area contributed by atoms with E-state index in [1.54, 1.807) is 25.2 Å². The predicted octanol–water partition coefficient (Wildman–Crippen LogP) is 1.48. The van der Waals surface area contributed by atoms with Crippen LogP contribution in [0.1, 0.15) is 10.4 Å². The van der Waals surface area contributed by atoms with Crippen LogP contribution >= 0.6 is 0 Å². The van der Waals surface area contributed by atoms with Crippen LogP contribution in [-0.2, 0) is 0 Å². The molecule has 0 aliphatic carbocycles. The van der Waals surface area contributed by atoms with Crippen LogP contribution in [0.2, 0.25) is 0 Å². The predicted molar refractivity (Wildman–Crippen MR) is 51.4 cm³/mol. The Kier molecular flexibility index (Phi) is 3.34. The third kappa shape index (κ3) is 2.97. The molecule has 0 N–H and O–H groups in total. The summed E-state index contributed by atoms with van der Waals surface area (Å²) in [7, 11) is 3.60. The first-order valence-electron chi connectivity index (χ1n) is 4.09. The fourth-order valence-electron chi connectivity index (χ4n) is 0.860. The van der Waals surface area contributed by atoms with E-state index in [1.165, 1.54) is 12.3 Å². The first-order valence-corrected chi connectivity index (χ1v) is 4.09. The van der Waals surface area contributed by atoms with Crippen LogP contribution in [0.15, 0.2) is 30.7 Å².